The molecule has 3 atom stereocenters. The smallest absolute Gasteiger partial charge is 0.331 e. The van der Waals surface area contributed by atoms with Gasteiger partial charge in [0.2, 0.25) is 0 Å². The van der Waals surface area contributed by atoms with Crippen molar-refractivity contribution < 1.29 is 38.5 Å². The number of furan rings is 2. The van der Waals surface area contributed by atoms with Crippen molar-refractivity contribution in [3.8, 4) is 0 Å². The maximum Gasteiger partial charge on any atom is 0.331 e. The molecule has 36 heteroatoms. The fourth-order valence-electron chi connectivity index (χ4n) is 8.62. The highest BCUT2D eigenvalue weighted by atomic mass is 32.1. The highest BCUT2D eigenvalue weighted by Gasteiger charge is 2.22. The van der Waals surface area contributed by atoms with Crippen LogP contribution in [0.5, 0.6) is 0 Å². The summed E-state index contributed by atoms with van der Waals surface area (Å²) in [5, 5.41) is 68.4. The van der Waals surface area contributed by atoms with Crippen LogP contribution in [-0.4, -0.2) is 121 Å². The zero-order valence-electron chi connectivity index (χ0n) is 47.1. The molecule has 0 saturated carbocycles. The number of thiophene rings is 1. The van der Waals surface area contributed by atoms with Gasteiger partial charge in [0.25, 0.3) is 34.4 Å². The predicted molar refractivity (Wildman–Crippen MR) is 305 cm³/mol. The Labute approximate surface area is 494 Å². The number of benzene rings is 2. The Kier molecular flexibility index (Phi) is 17.8. The average Bonchev–Trinajstić information content (AvgIpc) is 2.25. The normalized spacial score (nSPS) is 12.3. The Morgan fingerprint density at radius 3 is 1.28 bits per heavy atom. The number of primary amides is 3. The maximum absolute atomic E-state index is 12.3. The first-order valence-corrected chi connectivity index (χ1v) is 26.8. The minimum absolute atomic E-state index is 0.0263. The number of aromatic nitrogens is 18. The molecule has 0 unspecified atom stereocenters. The lowest BCUT2D eigenvalue weighted by Crippen LogP contribution is -2.42. The maximum atomic E-state index is 12.3. The van der Waals surface area contributed by atoms with Crippen LogP contribution in [0.3, 0.4) is 0 Å². The molecule has 0 radical (unpaired) electrons. The molecule has 0 aliphatic carbocycles. The Balaban J connectivity index is 0.000000158. The average molecular weight is 1230 g/mol. The van der Waals surface area contributed by atoms with Crippen molar-refractivity contribution >= 4 is 51.0 Å². The van der Waals surface area contributed by atoms with Crippen LogP contribution in [0.25, 0.3) is 21.9 Å². The van der Waals surface area contributed by atoms with E-state index in [4.69, 9.17) is 26.0 Å². The van der Waals surface area contributed by atoms with E-state index in [1.165, 1.54) is 42.1 Å². The lowest BCUT2D eigenvalue weighted by Gasteiger charge is -2.07. The second-order valence-corrected chi connectivity index (χ2v) is 21.0. The quantitative estimate of drug-likeness (QED) is 0.0513. The van der Waals surface area contributed by atoms with E-state index in [9.17, 15) is 58.5 Å². The molecule has 456 valence electrons. The molecule has 3 amide bonds. The molecular formula is C52H53N21O14S. The van der Waals surface area contributed by atoms with E-state index in [-0.39, 0.29) is 73.4 Å². The van der Waals surface area contributed by atoms with Crippen LogP contribution in [0.1, 0.15) is 93.7 Å². The number of para-hydroxylation sites is 1. The number of nitrogens with zero attached hydrogens (tertiary/aromatic N) is 18. The fraction of sp³-hybridized carbons (Fsp3) is 0.269. The molecule has 0 bridgehead atoms. The standard InChI is InChI=1S/C19H19N7O5.C18H17N7O5.C15H17N7O4S/c1-10-3-4-14-11(5-10)6-15(31-14)13(27)8-26-22-16(21-23-26)9-25-7-12(17(20)28)18(29)24(2)19(25)30;1-23-17(28)11(16(19)27)7-24(18(23)29)9-15-20-22-25(21-15)8-12(26)14-6-10-4-2-3-5-13(10)30-14;1-8-3-4-11(27-8)10(23)6-22-18-12(17-19-22)7-21-5-9(13(16)24)14(25)20(2)15(21)26/h3-7,13,27H,8-9H2,1-2H3,(H2,20,28);2-7,12,26H,8-9H2,1H3,(H2,19,27);3-5,10,23H,6-7H2,1-2H3,(H2,16,24)/t13-;12-;10-/m000/s1. The SMILES string of the molecule is Cc1ccc([C@@H](O)Cn2nnc(Cn3cc(C(N)=O)c(=O)n(C)c3=O)n2)s1.Cc1ccc2oc([C@@H](O)Cn3nnc(Cn4cc(C(N)=O)c(=O)n(C)c4=O)n3)cc2c1.Cn1c(=O)c(C(N)=O)cn(Cc2nnn(C[C@H](O)c3cc4ccccc4o3)n2)c1=O. The largest absolute Gasteiger partial charge is 0.458 e. The highest BCUT2D eigenvalue weighted by Crippen LogP contribution is 2.27. The van der Waals surface area contributed by atoms with Crippen LogP contribution in [0.4, 0.5) is 0 Å². The number of nitrogens with two attached hydrogens (primary N) is 3. The first-order chi connectivity index (χ1) is 41.8. The summed E-state index contributed by atoms with van der Waals surface area (Å²) < 4.78 is 16.9. The zero-order valence-corrected chi connectivity index (χ0v) is 47.9. The zero-order chi connectivity index (χ0) is 63.4. The number of rotatable bonds is 18. The molecule has 0 saturated heterocycles. The second kappa shape index (κ2) is 25.5. The third kappa shape index (κ3) is 13.6. The third-order valence-electron chi connectivity index (χ3n) is 13.2. The van der Waals surface area contributed by atoms with Gasteiger partial charge in [0.05, 0.1) is 39.3 Å². The molecule has 0 aliphatic heterocycles. The minimum atomic E-state index is -1.02. The van der Waals surface area contributed by atoms with E-state index in [1.54, 1.807) is 18.2 Å². The van der Waals surface area contributed by atoms with Gasteiger partial charge in [0.15, 0.2) is 17.5 Å². The van der Waals surface area contributed by atoms with Gasteiger partial charge in [0.1, 0.15) is 57.7 Å². The summed E-state index contributed by atoms with van der Waals surface area (Å²) in [6, 6.07) is 20.3. The topological polar surface area (TPSA) is 479 Å². The molecular weight excluding hydrogens is 1170 g/mol. The minimum Gasteiger partial charge on any atom is -0.458 e. The first kappa shape index (κ1) is 61.3. The number of aliphatic hydroxyl groups excluding tert-OH is 3. The molecule has 11 aromatic rings. The molecule has 2 aromatic carbocycles. The van der Waals surface area contributed by atoms with Crippen molar-refractivity contribution in [2.45, 2.75) is 71.4 Å². The summed E-state index contributed by atoms with van der Waals surface area (Å²) in [5.41, 5.74) is 12.7. The number of fused-ring (bicyclic) bond motifs is 2. The summed E-state index contributed by atoms with van der Waals surface area (Å²) in [4.78, 5) is 112. The molecule has 9 heterocycles. The van der Waals surface area contributed by atoms with Crippen LogP contribution >= 0.6 is 11.3 Å². The Bertz CT molecular complexity index is 4800. The van der Waals surface area contributed by atoms with E-state index >= 15 is 0 Å². The summed E-state index contributed by atoms with van der Waals surface area (Å²) in [7, 11) is 3.72. The van der Waals surface area contributed by atoms with Gasteiger partial charge in [-0.05, 0) is 72.0 Å². The van der Waals surface area contributed by atoms with Crippen LogP contribution in [0, 0.1) is 13.8 Å². The molecule has 0 aliphatic rings. The van der Waals surface area contributed by atoms with Gasteiger partial charge in [-0.3, -0.25) is 56.2 Å². The summed E-state index contributed by atoms with van der Waals surface area (Å²) in [5.74, 6) is -1.65. The fourth-order valence-corrected chi connectivity index (χ4v) is 9.47. The lowest BCUT2D eigenvalue weighted by atomic mass is 10.2. The number of aryl methyl sites for hydroxylation is 2. The van der Waals surface area contributed by atoms with Crippen LogP contribution in [0.2, 0.25) is 0 Å². The van der Waals surface area contributed by atoms with Crippen LogP contribution < -0.4 is 50.9 Å². The Morgan fingerprint density at radius 1 is 0.511 bits per heavy atom. The molecule has 0 fully saturated rings. The number of carbonyl (C=O) groups excluding carboxylic acids is 3. The van der Waals surface area contributed by atoms with Gasteiger partial charge in [-0.25, -0.2) is 14.4 Å². The van der Waals surface area contributed by atoms with Crippen molar-refractivity contribution in [2.24, 2.45) is 38.3 Å². The van der Waals surface area contributed by atoms with Gasteiger partial charge >= 0.3 is 17.1 Å². The van der Waals surface area contributed by atoms with E-state index in [0.717, 1.165) is 76.9 Å². The summed E-state index contributed by atoms with van der Waals surface area (Å²) >= 11 is 1.47. The number of hydrogen-bond donors (Lipinski definition) is 6. The molecule has 9 N–H and O–H groups in total. The van der Waals surface area contributed by atoms with Gasteiger partial charge in [-0.1, -0.05) is 29.8 Å². The van der Waals surface area contributed by atoms with E-state index < -0.39 is 69.8 Å². The van der Waals surface area contributed by atoms with Crippen molar-refractivity contribution in [1.29, 1.82) is 0 Å². The molecule has 35 nitrogen and oxygen atoms in total. The van der Waals surface area contributed by atoms with Crippen molar-refractivity contribution in [1.82, 2.24) is 88.0 Å². The number of tetrazole rings is 3. The van der Waals surface area contributed by atoms with E-state index in [2.05, 4.69) is 46.2 Å². The van der Waals surface area contributed by atoms with Crippen molar-refractivity contribution in [3.05, 3.63) is 209 Å². The van der Waals surface area contributed by atoms with Gasteiger partial charge in [-0.2, -0.15) is 14.4 Å². The lowest BCUT2D eigenvalue weighted by molar-refractivity contribution is 0.0988. The van der Waals surface area contributed by atoms with Gasteiger partial charge < -0.3 is 41.4 Å². The van der Waals surface area contributed by atoms with Crippen LogP contribution in [-0.2, 0) is 60.4 Å². The molecule has 0 spiro atoms. The summed E-state index contributed by atoms with van der Waals surface area (Å²) in [6.45, 7) is 3.55. The van der Waals surface area contributed by atoms with E-state index in [0.29, 0.717) is 22.7 Å². The van der Waals surface area contributed by atoms with Crippen molar-refractivity contribution in [2.75, 3.05) is 0 Å². The van der Waals surface area contributed by atoms with Crippen molar-refractivity contribution in [3.63, 3.8) is 0 Å². The van der Waals surface area contributed by atoms with Gasteiger partial charge in [-0.15, -0.1) is 41.9 Å². The number of aliphatic hydroxyl groups is 3. The summed E-state index contributed by atoms with van der Waals surface area (Å²) in [6.07, 6.45) is 0.400. The number of amides is 3. The molecule has 88 heavy (non-hydrogen) atoms. The van der Waals surface area contributed by atoms with E-state index in [1.807, 2.05) is 62.4 Å². The predicted octanol–water partition coefficient (Wildman–Crippen LogP) is -2.59. The monoisotopic (exact) mass is 1230 g/mol. The molecule has 11 rings (SSSR count). The number of hydrogen-bond acceptors (Lipinski definition) is 24. The third-order valence-corrected chi connectivity index (χ3v) is 14.3. The Morgan fingerprint density at radius 2 is 0.898 bits per heavy atom. The van der Waals surface area contributed by atoms with Gasteiger partial charge in [0, 0.05) is 60.3 Å². The number of carbonyl (C=O) groups is 3. The molecule has 9 aromatic heterocycles. The highest BCUT2D eigenvalue weighted by molar-refractivity contribution is 7.12. The second-order valence-electron chi connectivity index (χ2n) is 19.7. The van der Waals surface area contributed by atoms with Crippen LogP contribution in [0.15, 0.2) is 123 Å². The first-order valence-electron chi connectivity index (χ1n) is 26.0. The Hall–Kier alpha value is -11.2.